The van der Waals surface area contributed by atoms with Crippen molar-refractivity contribution >= 4 is 16.5 Å². The van der Waals surface area contributed by atoms with Crippen molar-refractivity contribution in [2.75, 3.05) is 18.0 Å². The van der Waals surface area contributed by atoms with E-state index in [0.29, 0.717) is 5.41 Å². The standard InChI is InChI=1S/C15H26N2OS/c1-14(2,3)12-11(9-18)19-13(16-12)17-8-6-7-15(4,5)10-17/h18H,6-10H2,1-5H3. The summed E-state index contributed by atoms with van der Waals surface area (Å²) < 4.78 is 0. The normalized spacial score (nSPS) is 19.8. The Kier molecular flexibility index (Phi) is 3.94. The van der Waals surface area contributed by atoms with Gasteiger partial charge in [-0.05, 0) is 18.3 Å². The number of piperidine rings is 1. The van der Waals surface area contributed by atoms with Crippen LogP contribution in [0.3, 0.4) is 0 Å². The highest BCUT2D eigenvalue weighted by Crippen LogP contribution is 2.37. The number of hydrogen-bond acceptors (Lipinski definition) is 4. The topological polar surface area (TPSA) is 36.4 Å². The van der Waals surface area contributed by atoms with Crippen LogP contribution in [0.1, 0.15) is 58.0 Å². The Morgan fingerprint density at radius 1 is 1.37 bits per heavy atom. The lowest BCUT2D eigenvalue weighted by atomic mass is 9.84. The Morgan fingerprint density at radius 3 is 2.53 bits per heavy atom. The van der Waals surface area contributed by atoms with Gasteiger partial charge in [0.05, 0.1) is 17.2 Å². The van der Waals surface area contributed by atoms with Gasteiger partial charge in [-0.1, -0.05) is 46.0 Å². The fraction of sp³-hybridized carbons (Fsp3) is 0.800. The highest BCUT2D eigenvalue weighted by Gasteiger charge is 2.30. The Labute approximate surface area is 120 Å². The molecular weight excluding hydrogens is 256 g/mol. The van der Waals surface area contributed by atoms with Crippen LogP contribution in [0.25, 0.3) is 0 Å². The smallest absolute Gasteiger partial charge is 0.185 e. The molecule has 2 rings (SSSR count). The number of hydrogen-bond donors (Lipinski definition) is 1. The maximum atomic E-state index is 9.55. The predicted octanol–water partition coefficient (Wildman–Crippen LogP) is 3.56. The van der Waals surface area contributed by atoms with E-state index in [4.69, 9.17) is 4.98 Å². The van der Waals surface area contributed by atoms with E-state index in [1.54, 1.807) is 11.3 Å². The molecule has 2 heterocycles. The van der Waals surface area contributed by atoms with E-state index in [2.05, 4.69) is 39.5 Å². The second-order valence-corrected chi connectivity index (χ2v) is 8.43. The second kappa shape index (κ2) is 5.06. The maximum absolute atomic E-state index is 9.55. The Balaban J connectivity index is 2.28. The minimum atomic E-state index is -0.00187. The van der Waals surface area contributed by atoms with Gasteiger partial charge in [-0.2, -0.15) is 0 Å². The van der Waals surface area contributed by atoms with Gasteiger partial charge in [-0.15, -0.1) is 0 Å². The van der Waals surface area contributed by atoms with Gasteiger partial charge in [-0.3, -0.25) is 0 Å². The van der Waals surface area contributed by atoms with Crippen LogP contribution < -0.4 is 4.90 Å². The summed E-state index contributed by atoms with van der Waals surface area (Å²) in [4.78, 5) is 8.24. The molecule has 1 N–H and O–H groups in total. The first kappa shape index (κ1) is 14.8. The van der Waals surface area contributed by atoms with Gasteiger partial charge < -0.3 is 10.0 Å². The van der Waals surface area contributed by atoms with Crippen molar-refractivity contribution in [1.29, 1.82) is 0 Å². The van der Waals surface area contributed by atoms with E-state index in [9.17, 15) is 5.11 Å². The predicted molar refractivity (Wildman–Crippen MR) is 82.0 cm³/mol. The minimum absolute atomic E-state index is 0.00187. The van der Waals surface area contributed by atoms with E-state index < -0.39 is 0 Å². The summed E-state index contributed by atoms with van der Waals surface area (Å²) in [5, 5.41) is 10.6. The molecule has 0 aromatic carbocycles. The van der Waals surface area contributed by atoms with E-state index >= 15 is 0 Å². The van der Waals surface area contributed by atoms with Gasteiger partial charge in [-0.25, -0.2) is 4.98 Å². The number of aliphatic hydroxyl groups excluding tert-OH is 1. The molecule has 0 aliphatic carbocycles. The fourth-order valence-electron chi connectivity index (χ4n) is 2.75. The summed E-state index contributed by atoms with van der Waals surface area (Å²) in [5.41, 5.74) is 1.42. The van der Waals surface area contributed by atoms with Crippen LogP contribution in [-0.2, 0) is 12.0 Å². The lowest BCUT2D eigenvalue weighted by molar-refractivity contribution is 0.282. The largest absolute Gasteiger partial charge is 0.391 e. The highest BCUT2D eigenvalue weighted by molar-refractivity contribution is 7.15. The van der Waals surface area contributed by atoms with Gasteiger partial charge >= 0.3 is 0 Å². The van der Waals surface area contributed by atoms with Crippen LogP contribution in [0, 0.1) is 5.41 Å². The summed E-state index contributed by atoms with van der Waals surface area (Å²) in [6.07, 6.45) is 2.51. The number of thiazole rings is 1. The Bertz CT molecular complexity index is 445. The average molecular weight is 282 g/mol. The molecule has 1 saturated heterocycles. The van der Waals surface area contributed by atoms with Crippen molar-refractivity contribution in [2.45, 2.75) is 59.5 Å². The van der Waals surface area contributed by atoms with Gasteiger partial charge in [0, 0.05) is 18.5 Å². The molecule has 1 aromatic rings. The Morgan fingerprint density at radius 2 is 2.05 bits per heavy atom. The van der Waals surface area contributed by atoms with Crippen LogP contribution >= 0.6 is 11.3 Å². The zero-order chi connectivity index (χ0) is 14.3. The summed E-state index contributed by atoms with van der Waals surface area (Å²) in [6.45, 7) is 13.4. The number of rotatable bonds is 2. The molecule has 108 valence electrons. The summed E-state index contributed by atoms with van der Waals surface area (Å²) in [5.74, 6) is 0. The molecule has 1 aromatic heterocycles. The lowest BCUT2D eigenvalue weighted by Gasteiger charge is -2.37. The van der Waals surface area contributed by atoms with Gasteiger partial charge in [0.25, 0.3) is 0 Å². The molecule has 1 aliphatic rings. The quantitative estimate of drug-likeness (QED) is 0.901. The molecule has 1 aliphatic heterocycles. The van der Waals surface area contributed by atoms with E-state index in [-0.39, 0.29) is 12.0 Å². The molecule has 0 atom stereocenters. The van der Waals surface area contributed by atoms with Crippen LogP contribution in [0.5, 0.6) is 0 Å². The number of nitrogens with zero attached hydrogens (tertiary/aromatic N) is 2. The van der Waals surface area contributed by atoms with Crippen LogP contribution in [0.4, 0.5) is 5.13 Å². The first-order valence-electron chi connectivity index (χ1n) is 7.09. The Hall–Kier alpha value is -0.610. The minimum Gasteiger partial charge on any atom is -0.391 e. The van der Waals surface area contributed by atoms with Crippen molar-refractivity contribution < 1.29 is 5.11 Å². The van der Waals surface area contributed by atoms with E-state index in [0.717, 1.165) is 28.8 Å². The van der Waals surface area contributed by atoms with Crippen molar-refractivity contribution in [2.24, 2.45) is 5.41 Å². The monoisotopic (exact) mass is 282 g/mol. The lowest BCUT2D eigenvalue weighted by Crippen LogP contribution is -2.40. The number of anilines is 1. The second-order valence-electron chi connectivity index (χ2n) is 7.37. The summed E-state index contributed by atoms with van der Waals surface area (Å²) in [6, 6.07) is 0. The first-order chi connectivity index (χ1) is 8.73. The maximum Gasteiger partial charge on any atom is 0.185 e. The molecule has 0 bridgehead atoms. The molecule has 3 nitrogen and oxygen atoms in total. The van der Waals surface area contributed by atoms with Crippen molar-refractivity contribution in [3.8, 4) is 0 Å². The third-order valence-electron chi connectivity index (χ3n) is 3.71. The van der Waals surface area contributed by atoms with Crippen molar-refractivity contribution in [3.05, 3.63) is 10.6 Å². The first-order valence-corrected chi connectivity index (χ1v) is 7.90. The van der Waals surface area contributed by atoms with Gasteiger partial charge in [0.2, 0.25) is 0 Å². The summed E-state index contributed by atoms with van der Waals surface area (Å²) in [7, 11) is 0. The molecule has 1 fully saturated rings. The average Bonchev–Trinajstić information content (AvgIpc) is 2.71. The van der Waals surface area contributed by atoms with Gasteiger partial charge in [0.15, 0.2) is 5.13 Å². The summed E-state index contributed by atoms with van der Waals surface area (Å²) >= 11 is 1.66. The van der Waals surface area contributed by atoms with E-state index in [1.807, 2.05) is 0 Å². The van der Waals surface area contributed by atoms with Crippen molar-refractivity contribution in [1.82, 2.24) is 4.98 Å². The highest BCUT2D eigenvalue weighted by atomic mass is 32.1. The van der Waals surface area contributed by atoms with Crippen LogP contribution in [0.15, 0.2) is 0 Å². The number of aromatic nitrogens is 1. The molecule has 0 unspecified atom stereocenters. The van der Waals surface area contributed by atoms with E-state index in [1.165, 1.54) is 12.8 Å². The SMILES string of the molecule is CC1(C)CCCN(c2nc(C(C)(C)C)c(CO)s2)C1. The molecule has 19 heavy (non-hydrogen) atoms. The fourth-order valence-corrected chi connectivity index (χ4v) is 3.91. The molecule has 0 saturated carbocycles. The zero-order valence-corrected chi connectivity index (χ0v) is 13.6. The van der Waals surface area contributed by atoms with Crippen LogP contribution in [-0.4, -0.2) is 23.2 Å². The van der Waals surface area contributed by atoms with Crippen molar-refractivity contribution in [3.63, 3.8) is 0 Å². The zero-order valence-electron chi connectivity index (χ0n) is 12.8. The third kappa shape index (κ3) is 3.29. The number of aliphatic hydroxyl groups is 1. The third-order valence-corrected chi connectivity index (χ3v) is 4.81. The van der Waals surface area contributed by atoms with Crippen LogP contribution in [0.2, 0.25) is 0 Å². The molecule has 0 amide bonds. The molecule has 4 heteroatoms. The molecular formula is C15H26N2OS. The molecule has 0 radical (unpaired) electrons. The molecule has 0 spiro atoms. The van der Waals surface area contributed by atoms with Gasteiger partial charge in [0.1, 0.15) is 0 Å².